The number of hydrogen-bond acceptors (Lipinski definition) is 6. The molecule has 1 fully saturated rings. The molecule has 7 nitrogen and oxygen atoms in total. The topological polar surface area (TPSA) is 76.6 Å². The smallest absolute Gasteiger partial charge is 0.225 e. The van der Waals surface area contributed by atoms with E-state index in [1.807, 2.05) is 54.6 Å². The third-order valence-corrected chi connectivity index (χ3v) is 5.73. The number of ether oxygens (including phenoxy) is 2. The number of carbonyl (C=O) groups excluding carboxylic acids is 1. The molecule has 0 saturated carbocycles. The minimum absolute atomic E-state index is 0.0388. The van der Waals surface area contributed by atoms with E-state index in [0.29, 0.717) is 18.9 Å². The summed E-state index contributed by atoms with van der Waals surface area (Å²) >= 11 is 0. The standard InChI is InChI=1S/C25H28N4O3/c1-31-21-10-11-22(32-2)20(15-21)16-27-25(30)19-9-6-14-29(17-19)23-12-13-26-24(28-23)18-7-4-3-5-8-18/h3-5,7-8,10-13,15,19H,6,9,14,16-17H2,1-2H3,(H,27,30)/t19-/m0/s1. The number of carbonyl (C=O) groups is 1. The number of methoxy groups -OCH3 is 2. The van der Waals surface area contributed by atoms with Gasteiger partial charge in [0, 0.05) is 37.0 Å². The minimum Gasteiger partial charge on any atom is -0.497 e. The number of nitrogens with one attached hydrogen (secondary N) is 1. The fourth-order valence-electron chi connectivity index (χ4n) is 4.00. The summed E-state index contributed by atoms with van der Waals surface area (Å²) in [5.41, 5.74) is 1.86. The van der Waals surface area contributed by atoms with Crippen molar-refractivity contribution in [3.63, 3.8) is 0 Å². The quantitative estimate of drug-likeness (QED) is 0.614. The normalized spacial score (nSPS) is 15.8. The molecule has 7 heteroatoms. The van der Waals surface area contributed by atoms with Crippen molar-refractivity contribution in [2.24, 2.45) is 5.92 Å². The molecule has 0 aliphatic carbocycles. The van der Waals surface area contributed by atoms with Gasteiger partial charge >= 0.3 is 0 Å². The first-order valence-electron chi connectivity index (χ1n) is 10.8. The molecular formula is C25H28N4O3. The fourth-order valence-corrected chi connectivity index (χ4v) is 4.00. The van der Waals surface area contributed by atoms with Gasteiger partial charge in [0.15, 0.2) is 5.82 Å². The zero-order valence-corrected chi connectivity index (χ0v) is 18.5. The fraction of sp³-hybridized carbons (Fsp3) is 0.320. The van der Waals surface area contributed by atoms with Gasteiger partial charge in [-0.25, -0.2) is 9.97 Å². The molecule has 3 aromatic rings. The summed E-state index contributed by atoms with van der Waals surface area (Å²) in [6, 6.07) is 17.4. The lowest BCUT2D eigenvalue weighted by molar-refractivity contribution is -0.125. The molecule has 1 atom stereocenters. The number of amides is 1. The van der Waals surface area contributed by atoms with Gasteiger partial charge in [-0.1, -0.05) is 30.3 Å². The predicted molar refractivity (Wildman–Crippen MR) is 124 cm³/mol. The van der Waals surface area contributed by atoms with E-state index in [1.54, 1.807) is 20.4 Å². The van der Waals surface area contributed by atoms with Crippen molar-refractivity contribution in [3.8, 4) is 22.9 Å². The van der Waals surface area contributed by atoms with E-state index in [4.69, 9.17) is 14.5 Å². The Morgan fingerprint density at radius 3 is 2.75 bits per heavy atom. The van der Waals surface area contributed by atoms with E-state index in [1.165, 1.54) is 0 Å². The maximum Gasteiger partial charge on any atom is 0.225 e. The van der Waals surface area contributed by atoms with Crippen LogP contribution in [0.5, 0.6) is 11.5 Å². The summed E-state index contributed by atoms with van der Waals surface area (Å²) in [5.74, 6) is 2.95. The van der Waals surface area contributed by atoms with E-state index >= 15 is 0 Å². The highest BCUT2D eigenvalue weighted by Gasteiger charge is 2.27. The second-order valence-electron chi connectivity index (χ2n) is 7.79. The van der Waals surface area contributed by atoms with Gasteiger partial charge in [0.25, 0.3) is 0 Å². The molecule has 2 heterocycles. The Hall–Kier alpha value is -3.61. The van der Waals surface area contributed by atoms with Crippen molar-refractivity contribution in [2.75, 3.05) is 32.2 Å². The highest BCUT2D eigenvalue weighted by atomic mass is 16.5. The number of benzene rings is 2. The maximum absolute atomic E-state index is 12.9. The third-order valence-electron chi connectivity index (χ3n) is 5.73. The molecule has 2 aromatic carbocycles. The lowest BCUT2D eigenvalue weighted by Crippen LogP contribution is -2.43. The molecule has 4 rings (SSSR count). The lowest BCUT2D eigenvalue weighted by atomic mass is 9.97. The predicted octanol–water partition coefficient (Wildman–Crippen LogP) is 3.69. The second kappa shape index (κ2) is 10.1. The van der Waals surface area contributed by atoms with Crippen LogP contribution in [0.4, 0.5) is 5.82 Å². The monoisotopic (exact) mass is 432 g/mol. The van der Waals surface area contributed by atoms with Crippen molar-refractivity contribution in [3.05, 3.63) is 66.4 Å². The summed E-state index contributed by atoms with van der Waals surface area (Å²) in [5, 5.41) is 3.07. The average molecular weight is 433 g/mol. The van der Waals surface area contributed by atoms with Crippen molar-refractivity contribution >= 4 is 11.7 Å². The van der Waals surface area contributed by atoms with Gasteiger partial charge in [-0.2, -0.15) is 0 Å². The van der Waals surface area contributed by atoms with Gasteiger partial charge in [-0.15, -0.1) is 0 Å². The van der Waals surface area contributed by atoms with Crippen LogP contribution in [-0.2, 0) is 11.3 Å². The van der Waals surface area contributed by atoms with Gasteiger partial charge < -0.3 is 19.7 Å². The van der Waals surface area contributed by atoms with Gasteiger partial charge in [0.05, 0.1) is 20.1 Å². The molecule has 0 unspecified atom stereocenters. The number of piperidine rings is 1. The SMILES string of the molecule is COc1ccc(OC)c(CNC(=O)[C@H]2CCCN(c3ccnc(-c4ccccc4)n3)C2)c1. The zero-order chi connectivity index (χ0) is 22.3. The highest BCUT2D eigenvalue weighted by molar-refractivity contribution is 5.79. The van der Waals surface area contributed by atoms with Gasteiger partial charge in [-0.05, 0) is 37.1 Å². The van der Waals surface area contributed by atoms with E-state index in [-0.39, 0.29) is 11.8 Å². The Morgan fingerprint density at radius 2 is 1.97 bits per heavy atom. The Labute approximate surface area is 188 Å². The summed E-state index contributed by atoms with van der Waals surface area (Å²) in [4.78, 5) is 24.3. The van der Waals surface area contributed by atoms with Crippen LogP contribution in [0.15, 0.2) is 60.8 Å². The molecule has 1 amide bonds. The first kappa shape index (κ1) is 21.6. The average Bonchev–Trinajstić information content (AvgIpc) is 2.87. The molecule has 0 radical (unpaired) electrons. The summed E-state index contributed by atoms with van der Waals surface area (Å²) in [6.07, 6.45) is 3.57. The first-order valence-corrected chi connectivity index (χ1v) is 10.8. The van der Waals surface area contributed by atoms with Crippen LogP contribution in [-0.4, -0.2) is 43.2 Å². The van der Waals surface area contributed by atoms with Crippen LogP contribution in [0.3, 0.4) is 0 Å². The van der Waals surface area contributed by atoms with E-state index in [9.17, 15) is 4.79 Å². The van der Waals surface area contributed by atoms with Gasteiger partial charge in [0.1, 0.15) is 17.3 Å². The van der Waals surface area contributed by atoms with E-state index in [0.717, 1.165) is 47.8 Å². The van der Waals surface area contributed by atoms with Crippen molar-refractivity contribution < 1.29 is 14.3 Å². The van der Waals surface area contributed by atoms with Crippen LogP contribution >= 0.6 is 0 Å². The van der Waals surface area contributed by atoms with E-state index in [2.05, 4.69) is 15.2 Å². The number of rotatable bonds is 7. The van der Waals surface area contributed by atoms with Crippen LogP contribution in [0.25, 0.3) is 11.4 Å². The van der Waals surface area contributed by atoms with Crippen molar-refractivity contribution in [1.82, 2.24) is 15.3 Å². The van der Waals surface area contributed by atoms with Gasteiger partial charge in [-0.3, -0.25) is 4.79 Å². The molecular weight excluding hydrogens is 404 g/mol. The molecule has 1 aliphatic heterocycles. The van der Waals surface area contributed by atoms with Crippen LogP contribution in [0, 0.1) is 5.92 Å². The molecule has 1 saturated heterocycles. The minimum atomic E-state index is -0.101. The number of hydrogen-bond donors (Lipinski definition) is 1. The van der Waals surface area contributed by atoms with Crippen LogP contribution in [0.2, 0.25) is 0 Å². The van der Waals surface area contributed by atoms with E-state index < -0.39 is 0 Å². The second-order valence-corrected chi connectivity index (χ2v) is 7.79. The Bertz CT molecular complexity index is 1060. The van der Waals surface area contributed by atoms with Crippen molar-refractivity contribution in [1.29, 1.82) is 0 Å². The van der Waals surface area contributed by atoms with Crippen LogP contribution in [0.1, 0.15) is 18.4 Å². The van der Waals surface area contributed by atoms with Crippen molar-refractivity contribution in [2.45, 2.75) is 19.4 Å². The third kappa shape index (κ3) is 4.99. The largest absolute Gasteiger partial charge is 0.497 e. The number of aromatic nitrogens is 2. The Kier molecular flexibility index (Phi) is 6.84. The number of anilines is 1. The summed E-state index contributed by atoms with van der Waals surface area (Å²) in [7, 11) is 3.24. The Morgan fingerprint density at radius 1 is 1.12 bits per heavy atom. The molecule has 1 aliphatic rings. The molecule has 1 N–H and O–H groups in total. The molecule has 166 valence electrons. The zero-order valence-electron chi connectivity index (χ0n) is 18.5. The first-order chi connectivity index (χ1) is 15.7. The lowest BCUT2D eigenvalue weighted by Gasteiger charge is -2.33. The Balaban J connectivity index is 1.42. The molecule has 1 aromatic heterocycles. The molecule has 32 heavy (non-hydrogen) atoms. The highest BCUT2D eigenvalue weighted by Crippen LogP contribution is 2.26. The van der Waals surface area contributed by atoms with Gasteiger partial charge in [0.2, 0.25) is 5.91 Å². The summed E-state index contributed by atoms with van der Waals surface area (Å²) < 4.78 is 10.7. The summed E-state index contributed by atoms with van der Waals surface area (Å²) in [6.45, 7) is 1.90. The number of nitrogens with zero attached hydrogens (tertiary/aromatic N) is 3. The molecule has 0 bridgehead atoms. The van der Waals surface area contributed by atoms with Crippen LogP contribution < -0.4 is 19.7 Å². The molecule has 0 spiro atoms. The maximum atomic E-state index is 12.9.